The highest BCUT2D eigenvalue weighted by molar-refractivity contribution is 5.29. The summed E-state index contributed by atoms with van der Waals surface area (Å²) in [5, 5.41) is 0. The first kappa shape index (κ1) is 19.2. The molecular formula is C25H42. The van der Waals surface area contributed by atoms with Crippen molar-refractivity contribution in [3.63, 3.8) is 0 Å². The van der Waals surface area contributed by atoms with Crippen molar-refractivity contribution in [3.05, 3.63) is 24.3 Å². The van der Waals surface area contributed by atoms with Gasteiger partial charge in [0.2, 0.25) is 0 Å². The molecule has 0 aromatic heterocycles. The SMILES string of the molecule is C=C([C@H](C)C12CCC13CCC(C)C(CC)C3C2)[C@@](C)(CC)C/C=C/C. The van der Waals surface area contributed by atoms with Crippen molar-refractivity contribution in [2.75, 3.05) is 0 Å². The molecule has 142 valence electrons. The number of rotatable bonds is 7. The Morgan fingerprint density at radius 2 is 2.00 bits per heavy atom. The van der Waals surface area contributed by atoms with Crippen LogP contribution in [0, 0.1) is 39.9 Å². The van der Waals surface area contributed by atoms with Crippen LogP contribution in [0.15, 0.2) is 24.3 Å². The fourth-order valence-electron chi connectivity index (χ4n) is 7.55. The van der Waals surface area contributed by atoms with E-state index in [1.807, 2.05) is 0 Å². The summed E-state index contributed by atoms with van der Waals surface area (Å²) in [6.07, 6.45) is 15.8. The van der Waals surface area contributed by atoms with Gasteiger partial charge in [-0.1, -0.05) is 65.3 Å². The summed E-state index contributed by atoms with van der Waals surface area (Å²) in [7, 11) is 0. The smallest absolute Gasteiger partial charge is 0.00844 e. The van der Waals surface area contributed by atoms with Crippen LogP contribution in [-0.2, 0) is 0 Å². The van der Waals surface area contributed by atoms with E-state index in [0.717, 1.165) is 24.2 Å². The molecule has 7 atom stereocenters. The molecule has 1 spiro atoms. The van der Waals surface area contributed by atoms with Crippen LogP contribution in [0.2, 0.25) is 0 Å². The minimum Gasteiger partial charge on any atom is -0.0990 e. The molecule has 3 aliphatic rings. The van der Waals surface area contributed by atoms with Crippen molar-refractivity contribution in [1.29, 1.82) is 0 Å². The van der Waals surface area contributed by atoms with Crippen LogP contribution >= 0.6 is 0 Å². The number of hydrogen-bond donors (Lipinski definition) is 0. The Morgan fingerprint density at radius 1 is 1.28 bits per heavy atom. The summed E-state index contributed by atoms with van der Waals surface area (Å²) in [4.78, 5) is 0. The lowest BCUT2D eigenvalue weighted by atomic mass is 9.25. The summed E-state index contributed by atoms with van der Waals surface area (Å²) in [5.74, 6) is 3.66. The van der Waals surface area contributed by atoms with Crippen molar-refractivity contribution in [2.45, 2.75) is 92.9 Å². The average Bonchev–Trinajstić information content (AvgIpc) is 2.62. The third kappa shape index (κ3) is 2.45. The predicted molar refractivity (Wildman–Crippen MR) is 111 cm³/mol. The second-order valence-corrected chi connectivity index (χ2v) is 10.1. The van der Waals surface area contributed by atoms with Crippen LogP contribution in [0.25, 0.3) is 0 Å². The molecule has 3 fully saturated rings. The quantitative estimate of drug-likeness (QED) is 0.414. The van der Waals surface area contributed by atoms with Gasteiger partial charge in [-0.2, -0.15) is 0 Å². The van der Waals surface area contributed by atoms with Crippen LogP contribution in [0.1, 0.15) is 92.9 Å². The molecule has 0 N–H and O–H groups in total. The van der Waals surface area contributed by atoms with Gasteiger partial charge in [0, 0.05) is 0 Å². The Hall–Kier alpha value is -0.520. The number of hydrogen-bond acceptors (Lipinski definition) is 0. The summed E-state index contributed by atoms with van der Waals surface area (Å²) >= 11 is 0. The first-order chi connectivity index (χ1) is 11.8. The normalized spacial score (nSPS) is 43.4. The van der Waals surface area contributed by atoms with Gasteiger partial charge in [0.1, 0.15) is 0 Å². The van der Waals surface area contributed by atoms with Gasteiger partial charge in [0.05, 0.1) is 0 Å². The summed E-state index contributed by atoms with van der Waals surface area (Å²) in [6.45, 7) is 19.2. The van der Waals surface area contributed by atoms with E-state index in [0.29, 0.717) is 16.7 Å². The van der Waals surface area contributed by atoms with Crippen molar-refractivity contribution in [3.8, 4) is 0 Å². The van der Waals surface area contributed by atoms with Gasteiger partial charge < -0.3 is 0 Å². The van der Waals surface area contributed by atoms with E-state index in [4.69, 9.17) is 6.58 Å². The van der Waals surface area contributed by atoms with Crippen LogP contribution in [0.5, 0.6) is 0 Å². The fourth-order valence-corrected chi connectivity index (χ4v) is 7.55. The van der Waals surface area contributed by atoms with Crippen molar-refractivity contribution in [2.24, 2.45) is 39.9 Å². The third-order valence-electron chi connectivity index (χ3n) is 9.78. The first-order valence-corrected chi connectivity index (χ1v) is 11.1. The third-order valence-corrected chi connectivity index (χ3v) is 9.78. The zero-order chi connectivity index (χ0) is 18.5. The Balaban J connectivity index is 1.82. The maximum absolute atomic E-state index is 4.72. The molecule has 0 aromatic rings. The molecule has 0 bridgehead atoms. The molecule has 5 unspecified atom stereocenters. The molecule has 0 radical (unpaired) electrons. The van der Waals surface area contributed by atoms with Crippen molar-refractivity contribution < 1.29 is 0 Å². The lowest BCUT2D eigenvalue weighted by Crippen LogP contribution is -2.71. The van der Waals surface area contributed by atoms with Gasteiger partial charge in [0.15, 0.2) is 0 Å². The Kier molecular flexibility index (Phi) is 5.06. The molecular weight excluding hydrogens is 300 g/mol. The van der Waals surface area contributed by atoms with E-state index in [2.05, 4.69) is 53.7 Å². The van der Waals surface area contributed by atoms with Gasteiger partial charge in [-0.15, -0.1) is 0 Å². The monoisotopic (exact) mass is 342 g/mol. The largest absolute Gasteiger partial charge is 0.0990 e. The fraction of sp³-hybridized carbons (Fsp3) is 0.840. The highest BCUT2D eigenvalue weighted by Gasteiger charge is 2.74. The van der Waals surface area contributed by atoms with E-state index in [9.17, 15) is 0 Å². The molecule has 25 heavy (non-hydrogen) atoms. The minimum absolute atomic E-state index is 0.272. The van der Waals surface area contributed by atoms with E-state index in [1.165, 1.54) is 44.9 Å². The van der Waals surface area contributed by atoms with Crippen LogP contribution in [0.3, 0.4) is 0 Å². The highest BCUT2D eigenvalue weighted by atomic mass is 14.8. The molecule has 3 aliphatic carbocycles. The number of allylic oxidation sites excluding steroid dienone is 3. The molecule has 0 heterocycles. The van der Waals surface area contributed by atoms with Crippen molar-refractivity contribution in [1.82, 2.24) is 0 Å². The molecule has 3 rings (SSSR count). The molecule has 0 amide bonds. The topological polar surface area (TPSA) is 0 Å². The molecule has 0 aliphatic heterocycles. The lowest BCUT2D eigenvalue weighted by Gasteiger charge is -2.79. The molecule has 0 heteroatoms. The van der Waals surface area contributed by atoms with E-state index in [1.54, 1.807) is 5.57 Å². The maximum Gasteiger partial charge on any atom is -0.00844 e. The van der Waals surface area contributed by atoms with E-state index < -0.39 is 0 Å². The van der Waals surface area contributed by atoms with E-state index in [-0.39, 0.29) is 5.41 Å². The second kappa shape index (κ2) is 6.58. The van der Waals surface area contributed by atoms with E-state index >= 15 is 0 Å². The molecule has 0 aromatic carbocycles. The summed E-state index contributed by atoms with van der Waals surface area (Å²) < 4.78 is 0. The molecule has 0 nitrogen and oxygen atoms in total. The Morgan fingerprint density at radius 3 is 2.52 bits per heavy atom. The van der Waals surface area contributed by atoms with Gasteiger partial charge in [0.25, 0.3) is 0 Å². The van der Waals surface area contributed by atoms with Crippen LogP contribution < -0.4 is 0 Å². The molecule has 3 saturated carbocycles. The van der Waals surface area contributed by atoms with Gasteiger partial charge in [-0.05, 0) is 91.8 Å². The summed E-state index contributed by atoms with van der Waals surface area (Å²) in [5.41, 5.74) is 3.12. The zero-order valence-electron chi connectivity index (χ0n) is 17.8. The maximum atomic E-state index is 4.72. The van der Waals surface area contributed by atoms with Gasteiger partial charge in [-0.3, -0.25) is 0 Å². The van der Waals surface area contributed by atoms with Crippen molar-refractivity contribution >= 4 is 0 Å². The van der Waals surface area contributed by atoms with Gasteiger partial charge in [-0.25, -0.2) is 0 Å². The first-order valence-electron chi connectivity index (χ1n) is 11.1. The summed E-state index contributed by atoms with van der Waals surface area (Å²) in [6, 6.07) is 0. The van der Waals surface area contributed by atoms with Crippen LogP contribution in [0.4, 0.5) is 0 Å². The highest BCUT2D eigenvalue weighted by Crippen LogP contribution is 2.82. The average molecular weight is 343 g/mol. The minimum atomic E-state index is 0.272. The zero-order valence-corrected chi connectivity index (χ0v) is 17.8. The second-order valence-electron chi connectivity index (χ2n) is 10.1. The Labute approximate surface area is 157 Å². The van der Waals surface area contributed by atoms with Gasteiger partial charge >= 0.3 is 0 Å². The molecule has 0 saturated heterocycles. The predicted octanol–water partition coefficient (Wildman–Crippen LogP) is 7.80. The lowest BCUT2D eigenvalue weighted by molar-refractivity contribution is -0.294. The Bertz CT molecular complexity index is 542. The standard InChI is InChI=1S/C25H42/c1-8-11-13-23(7,10-3)19(5)20(6)25-16-15-24(25)14-12-18(4)21(9-2)22(24)17-25/h8,11,18,20-22H,5,9-10,12-17H2,1-4,6-7H3/b11-8+/t18?,20-,21?,22?,23-,24?,25?/m0/s1. The van der Waals surface area contributed by atoms with Crippen LogP contribution in [-0.4, -0.2) is 0 Å².